The van der Waals surface area contributed by atoms with Crippen LogP contribution in [-0.2, 0) is 23.9 Å². The van der Waals surface area contributed by atoms with Gasteiger partial charge in [-0.1, -0.05) is 0 Å². The van der Waals surface area contributed by atoms with Gasteiger partial charge in [0.05, 0.1) is 20.6 Å². The summed E-state index contributed by atoms with van der Waals surface area (Å²) in [5.41, 5.74) is 0. The van der Waals surface area contributed by atoms with Gasteiger partial charge in [-0.15, -0.1) is 0 Å². The summed E-state index contributed by atoms with van der Waals surface area (Å²) in [4.78, 5) is 33.5. The highest BCUT2D eigenvalue weighted by Crippen LogP contribution is 2.03. The van der Waals surface area contributed by atoms with Gasteiger partial charge in [0, 0.05) is 7.05 Å². The Kier molecular flexibility index (Phi) is 5.28. The predicted octanol–water partition coefficient (Wildman–Crippen LogP) is -0.821. The molecule has 0 aromatic heterocycles. The molecule has 0 aromatic carbocycles. The van der Waals surface area contributed by atoms with Crippen molar-refractivity contribution in [2.75, 3.05) is 21.3 Å². The number of hydrogen-bond acceptors (Lipinski definition) is 5. The van der Waals surface area contributed by atoms with Gasteiger partial charge in [-0.2, -0.15) is 0 Å². The number of nitrogens with zero attached hydrogens (tertiary/aromatic N) is 1. The number of esters is 2. The summed E-state index contributed by atoms with van der Waals surface area (Å²) in [6, 6.07) is -0.926. The van der Waals surface area contributed by atoms with Crippen molar-refractivity contribution in [3.8, 4) is 0 Å². The molecule has 14 heavy (non-hydrogen) atoms. The van der Waals surface area contributed by atoms with Gasteiger partial charge in [0.25, 0.3) is 0 Å². The van der Waals surface area contributed by atoms with Crippen LogP contribution in [0.15, 0.2) is 0 Å². The monoisotopic (exact) mass is 203 g/mol. The molecule has 0 rings (SSSR count). The molecule has 0 bridgehead atoms. The van der Waals surface area contributed by atoms with Gasteiger partial charge >= 0.3 is 11.9 Å². The first kappa shape index (κ1) is 12.4. The molecule has 0 fully saturated rings. The first-order chi connectivity index (χ1) is 6.56. The van der Waals surface area contributed by atoms with E-state index in [0.717, 1.165) is 4.90 Å². The van der Waals surface area contributed by atoms with Gasteiger partial charge in [0.2, 0.25) is 6.41 Å². The molecular formula is C8H13NO5. The van der Waals surface area contributed by atoms with Crippen molar-refractivity contribution in [2.45, 2.75) is 12.5 Å². The minimum atomic E-state index is -0.926. The molecule has 0 aliphatic rings. The number of methoxy groups -OCH3 is 2. The molecule has 0 radical (unpaired) electrons. The molecule has 0 saturated carbocycles. The van der Waals surface area contributed by atoms with Crippen LogP contribution in [0.1, 0.15) is 6.42 Å². The van der Waals surface area contributed by atoms with E-state index in [1.165, 1.54) is 21.3 Å². The van der Waals surface area contributed by atoms with Crippen molar-refractivity contribution in [1.82, 2.24) is 4.90 Å². The summed E-state index contributed by atoms with van der Waals surface area (Å²) in [5.74, 6) is -1.22. The summed E-state index contributed by atoms with van der Waals surface area (Å²) in [7, 11) is 3.78. The van der Waals surface area contributed by atoms with Crippen molar-refractivity contribution in [1.29, 1.82) is 0 Å². The fraction of sp³-hybridized carbons (Fsp3) is 0.625. The van der Waals surface area contributed by atoms with Crippen LogP contribution in [0.2, 0.25) is 0 Å². The average Bonchev–Trinajstić information content (AvgIpc) is 2.23. The van der Waals surface area contributed by atoms with E-state index in [1.807, 2.05) is 0 Å². The standard InChI is InChI=1S/C8H13NO5/c1-9(5-10)6(8(12)14-3)4-7(11)13-2/h5-6H,4H2,1-3H3. The largest absolute Gasteiger partial charge is 0.469 e. The highest BCUT2D eigenvalue weighted by molar-refractivity contribution is 5.84. The Morgan fingerprint density at radius 3 is 2.29 bits per heavy atom. The lowest BCUT2D eigenvalue weighted by Gasteiger charge is -2.20. The van der Waals surface area contributed by atoms with Crippen LogP contribution in [-0.4, -0.2) is 50.6 Å². The summed E-state index contributed by atoms with van der Waals surface area (Å²) in [6.07, 6.45) is 0.239. The predicted molar refractivity (Wildman–Crippen MR) is 46.3 cm³/mol. The summed E-state index contributed by atoms with van der Waals surface area (Å²) in [5, 5.41) is 0. The third-order valence-corrected chi connectivity index (χ3v) is 1.72. The molecule has 0 aliphatic heterocycles. The Balaban J connectivity index is 4.47. The zero-order valence-electron chi connectivity index (χ0n) is 8.35. The van der Waals surface area contributed by atoms with Crippen LogP contribution in [0.25, 0.3) is 0 Å². The van der Waals surface area contributed by atoms with E-state index in [0.29, 0.717) is 6.41 Å². The van der Waals surface area contributed by atoms with Crippen molar-refractivity contribution in [2.24, 2.45) is 0 Å². The van der Waals surface area contributed by atoms with Crippen LogP contribution in [0.3, 0.4) is 0 Å². The lowest BCUT2D eigenvalue weighted by atomic mass is 10.2. The average molecular weight is 203 g/mol. The Morgan fingerprint density at radius 2 is 1.93 bits per heavy atom. The van der Waals surface area contributed by atoms with Crippen LogP contribution < -0.4 is 0 Å². The van der Waals surface area contributed by atoms with E-state index in [9.17, 15) is 14.4 Å². The van der Waals surface area contributed by atoms with Crippen molar-refractivity contribution >= 4 is 18.3 Å². The zero-order valence-corrected chi connectivity index (χ0v) is 8.35. The van der Waals surface area contributed by atoms with E-state index < -0.39 is 18.0 Å². The molecule has 6 nitrogen and oxygen atoms in total. The molecule has 0 spiro atoms. The summed E-state index contributed by atoms with van der Waals surface area (Å²) in [6.45, 7) is 0. The zero-order chi connectivity index (χ0) is 11.1. The fourth-order valence-corrected chi connectivity index (χ4v) is 0.844. The number of amides is 1. The highest BCUT2D eigenvalue weighted by Gasteiger charge is 2.26. The second kappa shape index (κ2) is 5.95. The van der Waals surface area contributed by atoms with Crippen molar-refractivity contribution < 1.29 is 23.9 Å². The third-order valence-electron chi connectivity index (χ3n) is 1.72. The summed E-state index contributed by atoms with van der Waals surface area (Å²) >= 11 is 0. The van der Waals surface area contributed by atoms with Gasteiger partial charge in [-0.05, 0) is 0 Å². The fourth-order valence-electron chi connectivity index (χ4n) is 0.844. The van der Waals surface area contributed by atoms with E-state index in [-0.39, 0.29) is 6.42 Å². The van der Waals surface area contributed by atoms with Gasteiger partial charge in [0.15, 0.2) is 0 Å². The normalized spacial score (nSPS) is 11.4. The molecule has 0 saturated heterocycles. The second-order valence-corrected chi connectivity index (χ2v) is 2.59. The maximum atomic E-state index is 11.1. The number of rotatable bonds is 5. The number of carbonyl (C=O) groups is 3. The molecule has 80 valence electrons. The lowest BCUT2D eigenvalue weighted by Crippen LogP contribution is -2.40. The molecular weight excluding hydrogens is 190 g/mol. The van der Waals surface area contributed by atoms with Gasteiger partial charge in [-0.3, -0.25) is 9.59 Å². The van der Waals surface area contributed by atoms with Crippen LogP contribution in [0, 0.1) is 0 Å². The Bertz CT molecular complexity index is 228. The molecule has 0 aromatic rings. The highest BCUT2D eigenvalue weighted by atomic mass is 16.5. The van der Waals surface area contributed by atoms with Crippen molar-refractivity contribution in [3.05, 3.63) is 0 Å². The van der Waals surface area contributed by atoms with Crippen molar-refractivity contribution in [3.63, 3.8) is 0 Å². The maximum Gasteiger partial charge on any atom is 0.329 e. The van der Waals surface area contributed by atoms with Crippen LogP contribution >= 0.6 is 0 Å². The smallest absolute Gasteiger partial charge is 0.329 e. The van der Waals surface area contributed by atoms with Crippen LogP contribution in [0.4, 0.5) is 0 Å². The SMILES string of the molecule is COC(=O)CC(C(=O)OC)N(C)C=O. The lowest BCUT2D eigenvalue weighted by molar-refractivity contribution is -0.154. The van der Waals surface area contributed by atoms with E-state index in [1.54, 1.807) is 0 Å². The third kappa shape index (κ3) is 3.42. The number of carbonyl (C=O) groups excluding carboxylic acids is 3. The molecule has 1 amide bonds. The molecule has 0 N–H and O–H groups in total. The Morgan fingerprint density at radius 1 is 1.36 bits per heavy atom. The Hall–Kier alpha value is -1.59. The molecule has 6 heteroatoms. The minimum Gasteiger partial charge on any atom is -0.469 e. The minimum absolute atomic E-state index is 0.210. The van der Waals surface area contributed by atoms with Crippen LogP contribution in [0.5, 0.6) is 0 Å². The molecule has 0 heterocycles. The first-order valence-corrected chi connectivity index (χ1v) is 3.88. The number of hydrogen-bond donors (Lipinski definition) is 0. The van der Waals surface area contributed by atoms with E-state index >= 15 is 0 Å². The molecule has 1 unspecified atom stereocenters. The first-order valence-electron chi connectivity index (χ1n) is 3.88. The van der Waals surface area contributed by atoms with E-state index in [4.69, 9.17) is 0 Å². The Labute approximate surface area is 81.8 Å². The molecule has 0 aliphatic carbocycles. The van der Waals surface area contributed by atoms with Gasteiger partial charge in [-0.25, -0.2) is 4.79 Å². The van der Waals surface area contributed by atoms with Gasteiger partial charge in [0.1, 0.15) is 6.04 Å². The number of likely N-dealkylation sites (N-methyl/N-ethyl adjacent to an activating group) is 1. The molecule has 1 atom stereocenters. The topological polar surface area (TPSA) is 72.9 Å². The quantitative estimate of drug-likeness (QED) is 0.431. The van der Waals surface area contributed by atoms with Gasteiger partial charge < -0.3 is 14.4 Å². The second-order valence-electron chi connectivity index (χ2n) is 2.59. The summed E-state index contributed by atoms with van der Waals surface area (Å²) < 4.78 is 8.81. The maximum absolute atomic E-state index is 11.1. The number of ether oxygens (including phenoxy) is 2. The van der Waals surface area contributed by atoms with E-state index in [2.05, 4.69) is 9.47 Å².